The summed E-state index contributed by atoms with van der Waals surface area (Å²) in [5, 5.41) is 5.63. The molecule has 0 unspecified atom stereocenters. The lowest BCUT2D eigenvalue weighted by molar-refractivity contribution is -0.0379. The second-order valence-corrected chi connectivity index (χ2v) is 8.33. The zero-order valence-corrected chi connectivity index (χ0v) is 15.5. The average Bonchev–Trinajstić information content (AvgIpc) is 3.15. The van der Waals surface area contributed by atoms with Crippen molar-refractivity contribution < 1.29 is 9.13 Å². The molecule has 7 heteroatoms. The summed E-state index contributed by atoms with van der Waals surface area (Å²) in [7, 11) is 0. The van der Waals surface area contributed by atoms with Gasteiger partial charge in [-0.2, -0.15) is 4.52 Å². The van der Waals surface area contributed by atoms with Gasteiger partial charge in [0.25, 0.3) is 0 Å². The Morgan fingerprint density at radius 2 is 2.12 bits per heavy atom. The van der Waals surface area contributed by atoms with Crippen molar-refractivity contribution >= 4 is 27.2 Å². The Bertz CT molecular complexity index is 1180. The molecule has 0 N–H and O–H groups in total. The van der Waals surface area contributed by atoms with Crippen LogP contribution in [0.3, 0.4) is 0 Å². The molecule has 0 spiro atoms. The fourth-order valence-corrected chi connectivity index (χ4v) is 4.64. The monoisotopic (exact) mass is 368 g/mol. The van der Waals surface area contributed by atoms with E-state index in [0.717, 1.165) is 28.1 Å². The molecule has 0 amide bonds. The Kier molecular flexibility index (Phi) is 3.24. The molecule has 3 aromatic heterocycles. The van der Waals surface area contributed by atoms with E-state index >= 15 is 0 Å². The molecule has 1 aliphatic heterocycles. The van der Waals surface area contributed by atoms with Gasteiger partial charge in [-0.3, -0.25) is 0 Å². The van der Waals surface area contributed by atoms with Gasteiger partial charge in [-0.05, 0) is 38.5 Å². The first-order chi connectivity index (χ1) is 12.4. The summed E-state index contributed by atoms with van der Waals surface area (Å²) in [5.41, 5.74) is 2.47. The fraction of sp³-hybridized carbons (Fsp3) is 0.316. The smallest absolute Gasteiger partial charge is 0.182 e. The molecule has 0 saturated carbocycles. The number of aromatic nitrogens is 4. The van der Waals surface area contributed by atoms with E-state index in [2.05, 4.69) is 18.9 Å². The highest BCUT2D eigenvalue weighted by atomic mass is 32.1. The molecule has 4 heterocycles. The fourth-order valence-electron chi connectivity index (χ4n) is 3.49. The summed E-state index contributed by atoms with van der Waals surface area (Å²) in [5.74, 6) is 0.975. The highest BCUT2D eigenvalue weighted by Crippen LogP contribution is 2.40. The minimum Gasteiger partial charge on any atom is -0.370 e. The lowest BCUT2D eigenvalue weighted by Gasteiger charge is -2.30. The normalized spacial score (nSPS) is 16.3. The highest BCUT2D eigenvalue weighted by Gasteiger charge is 2.31. The summed E-state index contributed by atoms with van der Waals surface area (Å²) < 4.78 is 21.3. The van der Waals surface area contributed by atoms with Gasteiger partial charge in [0.05, 0.1) is 17.6 Å². The number of benzene rings is 1. The van der Waals surface area contributed by atoms with Crippen LogP contribution >= 0.6 is 11.3 Å². The van der Waals surface area contributed by atoms with Gasteiger partial charge in [0.1, 0.15) is 16.5 Å². The molecule has 1 aromatic carbocycles. The van der Waals surface area contributed by atoms with Crippen LogP contribution in [-0.4, -0.2) is 25.2 Å². The first-order valence-corrected chi connectivity index (χ1v) is 9.30. The van der Waals surface area contributed by atoms with Crippen LogP contribution in [0.25, 0.3) is 27.3 Å². The van der Waals surface area contributed by atoms with Gasteiger partial charge in [0, 0.05) is 16.9 Å². The molecule has 0 saturated heterocycles. The van der Waals surface area contributed by atoms with Crippen molar-refractivity contribution in [2.75, 3.05) is 0 Å². The quantitative estimate of drug-likeness (QED) is 0.502. The van der Waals surface area contributed by atoms with E-state index in [0.29, 0.717) is 18.0 Å². The largest absolute Gasteiger partial charge is 0.370 e. The topological polar surface area (TPSA) is 52.3 Å². The lowest BCUT2D eigenvalue weighted by Crippen LogP contribution is -2.31. The minimum absolute atomic E-state index is 0.214. The predicted octanol–water partition coefficient (Wildman–Crippen LogP) is 4.30. The lowest BCUT2D eigenvalue weighted by atomic mass is 9.94. The van der Waals surface area contributed by atoms with E-state index < -0.39 is 0 Å². The minimum atomic E-state index is -0.298. The van der Waals surface area contributed by atoms with Crippen LogP contribution in [0, 0.1) is 12.7 Å². The number of aryl methyl sites for hydroxylation is 1. The third-order valence-corrected chi connectivity index (χ3v) is 5.85. The van der Waals surface area contributed by atoms with Gasteiger partial charge in [-0.25, -0.2) is 14.4 Å². The molecule has 0 radical (unpaired) electrons. The molecule has 0 fully saturated rings. The predicted molar refractivity (Wildman–Crippen MR) is 98.9 cm³/mol. The van der Waals surface area contributed by atoms with Gasteiger partial charge in [0.15, 0.2) is 11.5 Å². The molecular weight excluding hydrogens is 351 g/mol. The summed E-state index contributed by atoms with van der Waals surface area (Å²) in [6, 6.07) is 6.36. The maximum Gasteiger partial charge on any atom is 0.182 e. The number of fused-ring (bicyclic) bond motifs is 5. The number of halogens is 1. The molecular formula is C19H17FN4OS. The Hall–Kier alpha value is -2.38. The van der Waals surface area contributed by atoms with Crippen molar-refractivity contribution in [3.05, 3.63) is 46.3 Å². The number of hydrogen-bond acceptors (Lipinski definition) is 5. The van der Waals surface area contributed by atoms with Crippen molar-refractivity contribution in [3.8, 4) is 11.4 Å². The molecule has 5 nitrogen and oxygen atoms in total. The van der Waals surface area contributed by atoms with Gasteiger partial charge in [-0.15, -0.1) is 16.4 Å². The number of ether oxygens (including phenoxy) is 1. The summed E-state index contributed by atoms with van der Waals surface area (Å²) in [4.78, 5) is 11.6. The maximum atomic E-state index is 13.6. The molecule has 0 aliphatic carbocycles. The van der Waals surface area contributed by atoms with Crippen LogP contribution in [0.15, 0.2) is 24.3 Å². The van der Waals surface area contributed by atoms with Crippen LogP contribution < -0.4 is 0 Å². The molecule has 4 aromatic rings. The third-order valence-electron chi connectivity index (χ3n) is 4.75. The van der Waals surface area contributed by atoms with E-state index in [1.54, 1.807) is 21.9 Å². The van der Waals surface area contributed by atoms with E-state index in [4.69, 9.17) is 14.7 Å². The summed E-state index contributed by atoms with van der Waals surface area (Å²) in [6.07, 6.45) is 0.810. The molecule has 132 valence electrons. The number of thiophene rings is 1. The van der Waals surface area contributed by atoms with Crippen molar-refractivity contribution in [3.63, 3.8) is 0 Å². The maximum absolute atomic E-state index is 13.6. The van der Waals surface area contributed by atoms with E-state index in [1.807, 2.05) is 13.0 Å². The molecule has 1 aliphatic rings. The number of hydrogen-bond donors (Lipinski definition) is 0. The van der Waals surface area contributed by atoms with Crippen LogP contribution in [0.1, 0.15) is 30.1 Å². The zero-order valence-electron chi connectivity index (χ0n) is 14.7. The Labute approximate surface area is 153 Å². The summed E-state index contributed by atoms with van der Waals surface area (Å²) >= 11 is 1.66. The van der Waals surface area contributed by atoms with E-state index in [-0.39, 0.29) is 11.4 Å². The molecule has 26 heavy (non-hydrogen) atoms. The van der Waals surface area contributed by atoms with Crippen molar-refractivity contribution in [1.82, 2.24) is 19.6 Å². The van der Waals surface area contributed by atoms with Crippen LogP contribution in [0.4, 0.5) is 4.39 Å². The van der Waals surface area contributed by atoms with Crippen LogP contribution in [0.2, 0.25) is 0 Å². The number of rotatable bonds is 1. The second-order valence-electron chi connectivity index (χ2n) is 7.25. The van der Waals surface area contributed by atoms with Crippen molar-refractivity contribution in [1.29, 1.82) is 0 Å². The SMILES string of the molecule is Cc1nc2sc3c(c2c2nc(-c4cccc(F)c4)nn12)CC(C)(C)OC3. The average molecular weight is 368 g/mol. The van der Waals surface area contributed by atoms with E-state index in [1.165, 1.54) is 22.6 Å². The first kappa shape index (κ1) is 15.8. The number of nitrogens with zero attached hydrogens (tertiary/aromatic N) is 4. The summed E-state index contributed by atoms with van der Waals surface area (Å²) in [6.45, 7) is 6.70. The van der Waals surface area contributed by atoms with Gasteiger partial charge in [-0.1, -0.05) is 12.1 Å². The highest BCUT2D eigenvalue weighted by molar-refractivity contribution is 7.19. The van der Waals surface area contributed by atoms with Crippen molar-refractivity contribution in [2.24, 2.45) is 0 Å². The van der Waals surface area contributed by atoms with E-state index in [9.17, 15) is 4.39 Å². The second kappa shape index (κ2) is 5.31. The standard InChI is InChI=1S/C19H17FN4OS/c1-10-21-18-15(13-8-19(2,3)25-9-14(13)26-18)17-22-16(23-24(10)17)11-5-4-6-12(20)7-11/h4-7H,8-9H2,1-3H3. The molecule has 5 rings (SSSR count). The molecule has 0 atom stereocenters. The molecule has 0 bridgehead atoms. The van der Waals surface area contributed by atoms with Crippen LogP contribution in [-0.2, 0) is 17.8 Å². The Morgan fingerprint density at radius 3 is 2.92 bits per heavy atom. The van der Waals surface area contributed by atoms with Crippen molar-refractivity contribution in [2.45, 2.75) is 39.4 Å². The Morgan fingerprint density at radius 1 is 1.27 bits per heavy atom. The van der Waals surface area contributed by atoms with Gasteiger partial charge in [0.2, 0.25) is 0 Å². The van der Waals surface area contributed by atoms with Gasteiger partial charge >= 0.3 is 0 Å². The van der Waals surface area contributed by atoms with Gasteiger partial charge < -0.3 is 4.74 Å². The third kappa shape index (κ3) is 2.34. The first-order valence-electron chi connectivity index (χ1n) is 8.49. The van der Waals surface area contributed by atoms with Crippen LogP contribution in [0.5, 0.6) is 0 Å². The Balaban J connectivity index is 1.81. The zero-order chi connectivity index (χ0) is 18.1.